The Balaban J connectivity index is 2.12. The number of aliphatic hydroxyl groups is 1. The first-order chi connectivity index (χ1) is 9.19. The number of rotatable bonds is 5. The molecule has 0 unspecified atom stereocenters. The highest BCUT2D eigenvalue weighted by Gasteiger charge is 2.04. The van der Waals surface area contributed by atoms with Crippen LogP contribution in [-0.4, -0.2) is 22.6 Å². The third kappa shape index (κ3) is 3.53. The summed E-state index contributed by atoms with van der Waals surface area (Å²) >= 11 is 0. The lowest BCUT2D eigenvalue weighted by atomic mass is 10.1. The van der Waals surface area contributed by atoms with E-state index in [0.717, 1.165) is 5.56 Å². The first-order valence-corrected chi connectivity index (χ1v) is 5.82. The van der Waals surface area contributed by atoms with Gasteiger partial charge in [0.15, 0.2) is 0 Å². The number of carbonyl (C=O) groups excluding carboxylic acids is 1. The predicted octanol–water partition coefficient (Wildman–Crippen LogP) is 1.51. The molecule has 5 nitrogen and oxygen atoms in total. The van der Waals surface area contributed by atoms with Gasteiger partial charge in [-0.2, -0.15) is 0 Å². The fourth-order valence-electron chi connectivity index (χ4n) is 1.60. The predicted molar refractivity (Wildman–Crippen MR) is 70.1 cm³/mol. The Morgan fingerprint density at radius 1 is 1.21 bits per heavy atom. The van der Waals surface area contributed by atoms with Crippen molar-refractivity contribution >= 4 is 5.91 Å². The van der Waals surface area contributed by atoms with Crippen LogP contribution in [0.1, 0.15) is 16.1 Å². The van der Waals surface area contributed by atoms with Crippen molar-refractivity contribution in [2.75, 3.05) is 6.61 Å². The molecule has 0 aliphatic rings. The van der Waals surface area contributed by atoms with Crippen molar-refractivity contribution in [2.45, 2.75) is 6.42 Å². The molecule has 0 fully saturated rings. The average Bonchev–Trinajstić information content (AvgIpc) is 2.42. The fraction of sp³-hybridized carbons (Fsp3) is 0.143. The summed E-state index contributed by atoms with van der Waals surface area (Å²) in [4.78, 5) is 14.8. The monoisotopic (exact) mass is 258 g/mol. The standard InChI is InChI=1S/C14H14N2O3/c15-14(18)13-9-12(5-7-16-13)19-11-3-1-10(2-4-11)6-8-17/h1-5,7,9,17H,6,8H2,(H2,15,18). The number of nitrogens with two attached hydrogens (primary N) is 1. The van der Waals surface area contributed by atoms with E-state index in [1.54, 1.807) is 18.2 Å². The van der Waals surface area contributed by atoms with Gasteiger partial charge in [-0.15, -0.1) is 0 Å². The molecule has 2 rings (SSSR count). The smallest absolute Gasteiger partial charge is 0.267 e. The minimum Gasteiger partial charge on any atom is -0.457 e. The first kappa shape index (κ1) is 13.0. The third-order valence-corrected chi connectivity index (χ3v) is 2.54. The quantitative estimate of drug-likeness (QED) is 0.851. The summed E-state index contributed by atoms with van der Waals surface area (Å²) in [5, 5.41) is 8.82. The van der Waals surface area contributed by atoms with E-state index in [9.17, 15) is 4.79 Å². The molecular weight excluding hydrogens is 244 g/mol. The Kier molecular flexibility index (Phi) is 4.10. The van der Waals surface area contributed by atoms with Gasteiger partial charge in [-0.25, -0.2) is 0 Å². The Morgan fingerprint density at radius 2 is 1.95 bits per heavy atom. The second-order valence-electron chi connectivity index (χ2n) is 3.96. The van der Waals surface area contributed by atoms with Gasteiger partial charge < -0.3 is 15.6 Å². The van der Waals surface area contributed by atoms with Crippen LogP contribution < -0.4 is 10.5 Å². The van der Waals surface area contributed by atoms with Crippen LogP contribution in [0.15, 0.2) is 42.6 Å². The summed E-state index contributed by atoms with van der Waals surface area (Å²) in [6, 6.07) is 10.5. The van der Waals surface area contributed by atoms with Crippen LogP contribution in [0.2, 0.25) is 0 Å². The van der Waals surface area contributed by atoms with Crippen LogP contribution in [0.25, 0.3) is 0 Å². The van der Waals surface area contributed by atoms with Crippen LogP contribution in [0.3, 0.4) is 0 Å². The van der Waals surface area contributed by atoms with Gasteiger partial charge >= 0.3 is 0 Å². The topological polar surface area (TPSA) is 85.4 Å². The van der Waals surface area contributed by atoms with Crippen molar-refractivity contribution < 1.29 is 14.6 Å². The number of hydrogen-bond acceptors (Lipinski definition) is 4. The number of primary amides is 1. The molecule has 0 spiro atoms. The van der Waals surface area contributed by atoms with E-state index in [2.05, 4.69) is 4.98 Å². The molecule has 3 N–H and O–H groups in total. The summed E-state index contributed by atoms with van der Waals surface area (Å²) in [5.74, 6) is 0.547. The summed E-state index contributed by atoms with van der Waals surface area (Å²) in [5.41, 5.74) is 6.34. The summed E-state index contributed by atoms with van der Waals surface area (Å²) in [6.45, 7) is 0.118. The van der Waals surface area contributed by atoms with Gasteiger partial charge in [0.1, 0.15) is 17.2 Å². The van der Waals surface area contributed by atoms with Crippen LogP contribution >= 0.6 is 0 Å². The number of ether oxygens (including phenoxy) is 1. The second-order valence-corrected chi connectivity index (χ2v) is 3.96. The van der Waals surface area contributed by atoms with E-state index in [4.69, 9.17) is 15.6 Å². The molecule has 2 aromatic rings. The van der Waals surface area contributed by atoms with E-state index in [0.29, 0.717) is 17.9 Å². The van der Waals surface area contributed by atoms with Crippen LogP contribution in [-0.2, 0) is 6.42 Å². The van der Waals surface area contributed by atoms with Gasteiger partial charge in [-0.05, 0) is 30.2 Å². The molecule has 1 heterocycles. The highest BCUT2D eigenvalue weighted by atomic mass is 16.5. The molecule has 0 atom stereocenters. The number of nitrogens with zero attached hydrogens (tertiary/aromatic N) is 1. The number of benzene rings is 1. The Bertz CT molecular complexity index is 567. The van der Waals surface area contributed by atoms with Crippen molar-refractivity contribution in [2.24, 2.45) is 5.73 Å². The molecule has 1 aromatic carbocycles. The maximum absolute atomic E-state index is 11.0. The minimum absolute atomic E-state index is 0.118. The SMILES string of the molecule is NC(=O)c1cc(Oc2ccc(CCO)cc2)ccn1. The molecule has 5 heteroatoms. The lowest BCUT2D eigenvalue weighted by molar-refractivity contribution is 0.0995. The van der Waals surface area contributed by atoms with Crippen molar-refractivity contribution in [1.29, 1.82) is 0 Å². The summed E-state index contributed by atoms with van der Waals surface area (Å²) in [7, 11) is 0. The summed E-state index contributed by atoms with van der Waals surface area (Å²) < 4.78 is 5.59. The zero-order valence-electron chi connectivity index (χ0n) is 10.2. The van der Waals surface area contributed by atoms with Crippen LogP contribution in [0, 0.1) is 0 Å². The fourth-order valence-corrected chi connectivity index (χ4v) is 1.60. The highest BCUT2D eigenvalue weighted by Crippen LogP contribution is 2.21. The van der Waals surface area contributed by atoms with Gasteiger partial charge in [0.25, 0.3) is 5.91 Å². The number of carbonyl (C=O) groups is 1. The number of aromatic nitrogens is 1. The number of aliphatic hydroxyl groups excluding tert-OH is 1. The van der Waals surface area contributed by atoms with E-state index in [-0.39, 0.29) is 12.3 Å². The Labute approximate surface area is 110 Å². The molecule has 0 aliphatic heterocycles. The zero-order chi connectivity index (χ0) is 13.7. The Morgan fingerprint density at radius 3 is 2.58 bits per heavy atom. The highest BCUT2D eigenvalue weighted by molar-refractivity contribution is 5.91. The van der Waals surface area contributed by atoms with Crippen LogP contribution in [0.5, 0.6) is 11.5 Å². The molecule has 1 aromatic heterocycles. The largest absolute Gasteiger partial charge is 0.457 e. The average molecular weight is 258 g/mol. The maximum Gasteiger partial charge on any atom is 0.267 e. The van der Waals surface area contributed by atoms with Gasteiger partial charge in [-0.3, -0.25) is 9.78 Å². The van der Waals surface area contributed by atoms with Gasteiger partial charge in [-0.1, -0.05) is 12.1 Å². The molecule has 0 aliphatic carbocycles. The van der Waals surface area contributed by atoms with Gasteiger partial charge in [0, 0.05) is 18.9 Å². The molecule has 0 radical (unpaired) electrons. The molecule has 0 bridgehead atoms. The molecule has 1 amide bonds. The zero-order valence-corrected chi connectivity index (χ0v) is 10.2. The van der Waals surface area contributed by atoms with Crippen molar-refractivity contribution in [1.82, 2.24) is 4.98 Å². The second kappa shape index (κ2) is 5.97. The van der Waals surface area contributed by atoms with E-state index < -0.39 is 5.91 Å². The van der Waals surface area contributed by atoms with E-state index >= 15 is 0 Å². The van der Waals surface area contributed by atoms with Gasteiger partial charge in [0.2, 0.25) is 0 Å². The molecular formula is C14H14N2O3. The molecule has 19 heavy (non-hydrogen) atoms. The lowest BCUT2D eigenvalue weighted by Gasteiger charge is -2.07. The third-order valence-electron chi connectivity index (χ3n) is 2.54. The normalized spacial score (nSPS) is 10.2. The maximum atomic E-state index is 11.0. The minimum atomic E-state index is -0.594. The number of hydrogen-bond donors (Lipinski definition) is 2. The molecule has 98 valence electrons. The van der Waals surface area contributed by atoms with E-state index in [1.165, 1.54) is 12.3 Å². The first-order valence-electron chi connectivity index (χ1n) is 5.82. The Hall–Kier alpha value is -2.40. The molecule has 0 saturated heterocycles. The lowest BCUT2D eigenvalue weighted by Crippen LogP contribution is -2.12. The van der Waals surface area contributed by atoms with E-state index in [1.807, 2.05) is 12.1 Å². The van der Waals surface area contributed by atoms with Crippen LogP contribution in [0.4, 0.5) is 0 Å². The van der Waals surface area contributed by atoms with Crippen molar-refractivity contribution in [3.63, 3.8) is 0 Å². The van der Waals surface area contributed by atoms with Gasteiger partial charge in [0.05, 0.1) is 0 Å². The van der Waals surface area contributed by atoms with Crippen molar-refractivity contribution in [3.8, 4) is 11.5 Å². The summed E-state index contributed by atoms with van der Waals surface area (Å²) in [6.07, 6.45) is 2.08. The number of amides is 1. The molecule has 0 saturated carbocycles. The number of pyridine rings is 1. The van der Waals surface area contributed by atoms with Crippen molar-refractivity contribution in [3.05, 3.63) is 53.9 Å².